The van der Waals surface area contributed by atoms with Crippen LogP contribution < -0.4 is 10.1 Å². The van der Waals surface area contributed by atoms with Crippen LogP contribution in [-0.4, -0.2) is 30.9 Å². The zero-order chi connectivity index (χ0) is 12.7. The van der Waals surface area contributed by atoms with Crippen molar-refractivity contribution in [3.63, 3.8) is 0 Å². The number of benzene rings is 1. The number of halogens is 2. The highest BCUT2D eigenvalue weighted by atomic mass is 35.5. The number of nitrogens with one attached hydrogen (secondary N) is 1. The minimum absolute atomic E-state index is 0.0579. The number of ether oxygens (including phenoxy) is 1. The number of rotatable bonds is 7. The zero-order valence-corrected chi connectivity index (χ0v) is 10.5. The third kappa shape index (κ3) is 5.35. The van der Waals surface area contributed by atoms with Crippen LogP contribution in [0.5, 0.6) is 5.75 Å². The molecule has 1 aromatic rings. The lowest BCUT2D eigenvalue weighted by molar-refractivity contribution is 0.106. The van der Waals surface area contributed by atoms with Gasteiger partial charge < -0.3 is 15.2 Å². The van der Waals surface area contributed by atoms with Crippen molar-refractivity contribution in [1.82, 2.24) is 5.32 Å². The molecule has 0 amide bonds. The maximum atomic E-state index is 13.1. The van der Waals surface area contributed by atoms with Crippen LogP contribution in [-0.2, 0) is 0 Å². The smallest absolute Gasteiger partial charge is 0.145 e. The van der Waals surface area contributed by atoms with Gasteiger partial charge in [-0.1, -0.05) is 18.5 Å². The van der Waals surface area contributed by atoms with Crippen molar-refractivity contribution in [1.29, 1.82) is 0 Å². The van der Waals surface area contributed by atoms with Crippen molar-refractivity contribution >= 4 is 11.6 Å². The Balaban J connectivity index is 2.31. The molecule has 0 radical (unpaired) electrons. The second-order valence-corrected chi connectivity index (χ2v) is 4.15. The van der Waals surface area contributed by atoms with Crippen LogP contribution in [0.15, 0.2) is 18.2 Å². The predicted molar refractivity (Wildman–Crippen MR) is 66.1 cm³/mol. The minimum atomic E-state index is -0.611. The summed E-state index contributed by atoms with van der Waals surface area (Å²) in [6.45, 7) is 3.49. The van der Waals surface area contributed by atoms with E-state index in [0.717, 1.165) is 13.0 Å². The Morgan fingerprint density at radius 2 is 2.29 bits per heavy atom. The van der Waals surface area contributed by atoms with E-state index in [2.05, 4.69) is 5.32 Å². The van der Waals surface area contributed by atoms with Crippen molar-refractivity contribution in [2.24, 2.45) is 0 Å². The molecule has 96 valence electrons. The summed E-state index contributed by atoms with van der Waals surface area (Å²) < 4.78 is 18.3. The van der Waals surface area contributed by atoms with Gasteiger partial charge in [0, 0.05) is 12.6 Å². The van der Waals surface area contributed by atoms with E-state index < -0.39 is 11.9 Å². The van der Waals surface area contributed by atoms with E-state index >= 15 is 0 Å². The Kier molecular flexibility index (Phi) is 6.26. The van der Waals surface area contributed by atoms with Gasteiger partial charge in [0.1, 0.15) is 24.3 Å². The molecule has 0 heterocycles. The lowest BCUT2D eigenvalue weighted by Crippen LogP contribution is -2.31. The molecule has 2 N–H and O–H groups in total. The van der Waals surface area contributed by atoms with E-state index in [1.54, 1.807) is 6.07 Å². The third-order valence-corrected chi connectivity index (χ3v) is 2.45. The highest BCUT2D eigenvalue weighted by Gasteiger charge is 2.06. The minimum Gasteiger partial charge on any atom is -0.491 e. The fraction of sp³-hybridized carbons (Fsp3) is 0.500. The number of hydrogen-bond acceptors (Lipinski definition) is 3. The second kappa shape index (κ2) is 7.48. The maximum absolute atomic E-state index is 13.1. The van der Waals surface area contributed by atoms with E-state index in [1.807, 2.05) is 6.92 Å². The lowest BCUT2D eigenvalue weighted by Gasteiger charge is -2.13. The first-order valence-electron chi connectivity index (χ1n) is 5.60. The van der Waals surface area contributed by atoms with Gasteiger partial charge in [0.15, 0.2) is 0 Å². The molecule has 5 heteroatoms. The van der Waals surface area contributed by atoms with Crippen LogP contribution in [0.3, 0.4) is 0 Å². The maximum Gasteiger partial charge on any atom is 0.145 e. The third-order valence-electron chi connectivity index (χ3n) is 2.14. The number of hydrogen-bond donors (Lipinski definition) is 2. The highest BCUT2D eigenvalue weighted by Crippen LogP contribution is 2.20. The van der Waals surface area contributed by atoms with E-state index in [9.17, 15) is 9.50 Å². The molecule has 0 aliphatic heterocycles. The van der Waals surface area contributed by atoms with E-state index in [0.29, 0.717) is 12.3 Å². The summed E-state index contributed by atoms with van der Waals surface area (Å²) in [5.74, 6) is -0.163. The SMILES string of the molecule is CCCNCC(O)COc1ccc(Cl)c(F)c1. The van der Waals surface area contributed by atoms with Crippen LogP contribution in [0.1, 0.15) is 13.3 Å². The molecule has 0 saturated heterocycles. The monoisotopic (exact) mass is 261 g/mol. The molecule has 0 aliphatic rings. The van der Waals surface area contributed by atoms with Crippen LogP contribution in [0, 0.1) is 5.82 Å². The van der Waals surface area contributed by atoms with Crippen LogP contribution in [0.4, 0.5) is 4.39 Å². The zero-order valence-electron chi connectivity index (χ0n) is 9.75. The quantitative estimate of drug-likeness (QED) is 0.740. The number of aliphatic hydroxyl groups is 1. The Bertz CT molecular complexity index is 349. The van der Waals surface area contributed by atoms with E-state index in [-0.39, 0.29) is 11.6 Å². The summed E-state index contributed by atoms with van der Waals surface area (Å²) in [6, 6.07) is 4.19. The standard InChI is InChI=1S/C12H17ClFNO2/c1-2-5-15-7-9(16)8-17-10-3-4-11(13)12(14)6-10/h3-4,6,9,15-16H,2,5,7-8H2,1H3. The molecule has 0 spiro atoms. The first-order valence-corrected chi connectivity index (χ1v) is 5.98. The molecular formula is C12H17ClFNO2. The van der Waals surface area contributed by atoms with Gasteiger partial charge in [-0.2, -0.15) is 0 Å². The first kappa shape index (κ1) is 14.2. The molecule has 17 heavy (non-hydrogen) atoms. The van der Waals surface area contributed by atoms with Gasteiger partial charge in [0.25, 0.3) is 0 Å². The van der Waals surface area contributed by atoms with Gasteiger partial charge in [0.2, 0.25) is 0 Å². The van der Waals surface area contributed by atoms with Gasteiger partial charge in [-0.15, -0.1) is 0 Å². The normalized spacial score (nSPS) is 12.5. The Hall–Kier alpha value is -0.840. The second-order valence-electron chi connectivity index (χ2n) is 3.74. The lowest BCUT2D eigenvalue weighted by atomic mass is 10.3. The summed E-state index contributed by atoms with van der Waals surface area (Å²) in [6.07, 6.45) is 0.399. The Labute approximate surface area is 106 Å². The largest absolute Gasteiger partial charge is 0.491 e. The molecule has 1 atom stereocenters. The molecule has 0 aromatic heterocycles. The Morgan fingerprint density at radius 1 is 1.53 bits per heavy atom. The topological polar surface area (TPSA) is 41.5 Å². The van der Waals surface area contributed by atoms with Gasteiger partial charge in [-0.05, 0) is 25.1 Å². The summed E-state index contributed by atoms with van der Waals surface area (Å²) in [5, 5.41) is 12.7. The van der Waals surface area contributed by atoms with Gasteiger partial charge in [-0.25, -0.2) is 4.39 Å². The highest BCUT2D eigenvalue weighted by molar-refractivity contribution is 6.30. The van der Waals surface area contributed by atoms with Crippen molar-refractivity contribution in [3.05, 3.63) is 29.0 Å². The Morgan fingerprint density at radius 3 is 2.94 bits per heavy atom. The molecule has 0 aliphatic carbocycles. The fourth-order valence-corrected chi connectivity index (χ4v) is 1.38. The molecule has 3 nitrogen and oxygen atoms in total. The molecule has 1 aromatic carbocycles. The van der Waals surface area contributed by atoms with Crippen molar-refractivity contribution < 1.29 is 14.2 Å². The average molecular weight is 262 g/mol. The van der Waals surface area contributed by atoms with E-state index in [4.69, 9.17) is 16.3 Å². The van der Waals surface area contributed by atoms with Gasteiger partial charge >= 0.3 is 0 Å². The van der Waals surface area contributed by atoms with Gasteiger partial charge in [0.05, 0.1) is 5.02 Å². The van der Waals surface area contributed by atoms with Crippen LogP contribution in [0.2, 0.25) is 5.02 Å². The first-order chi connectivity index (χ1) is 8.13. The molecule has 0 bridgehead atoms. The van der Waals surface area contributed by atoms with Crippen LogP contribution in [0.25, 0.3) is 0 Å². The summed E-state index contributed by atoms with van der Waals surface area (Å²) in [5.41, 5.74) is 0. The van der Waals surface area contributed by atoms with Crippen molar-refractivity contribution in [2.75, 3.05) is 19.7 Å². The molecular weight excluding hydrogens is 245 g/mol. The fourth-order valence-electron chi connectivity index (χ4n) is 1.26. The van der Waals surface area contributed by atoms with Crippen LogP contribution >= 0.6 is 11.6 Å². The van der Waals surface area contributed by atoms with Crippen molar-refractivity contribution in [3.8, 4) is 5.75 Å². The van der Waals surface area contributed by atoms with Crippen molar-refractivity contribution in [2.45, 2.75) is 19.4 Å². The predicted octanol–water partition coefficient (Wildman–Crippen LogP) is 2.22. The number of aliphatic hydroxyl groups excluding tert-OH is 1. The molecule has 0 fully saturated rings. The average Bonchev–Trinajstić information content (AvgIpc) is 2.31. The van der Waals surface area contributed by atoms with Gasteiger partial charge in [-0.3, -0.25) is 0 Å². The summed E-state index contributed by atoms with van der Waals surface area (Å²) in [4.78, 5) is 0. The van der Waals surface area contributed by atoms with E-state index in [1.165, 1.54) is 12.1 Å². The molecule has 1 rings (SSSR count). The molecule has 0 saturated carbocycles. The molecule has 1 unspecified atom stereocenters. The summed E-state index contributed by atoms with van der Waals surface area (Å²) >= 11 is 5.54. The summed E-state index contributed by atoms with van der Waals surface area (Å²) in [7, 11) is 0.